The second-order valence-corrected chi connectivity index (χ2v) is 4.76. The number of carbonyl (C=O) groups is 1. The normalized spacial score (nSPS) is 16.4. The van der Waals surface area contributed by atoms with Gasteiger partial charge in [0.05, 0.1) is 6.61 Å². The fourth-order valence-electron chi connectivity index (χ4n) is 2.20. The summed E-state index contributed by atoms with van der Waals surface area (Å²) in [6.07, 6.45) is 2.00. The van der Waals surface area contributed by atoms with E-state index >= 15 is 0 Å². The van der Waals surface area contributed by atoms with Crippen molar-refractivity contribution in [2.24, 2.45) is 0 Å². The second-order valence-electron chi connectivity index (χ2n) is 4.76. The fraction of sp³-hybridized carbons (Fsp3) is 0.500. The Kier molecular flexibility index (Phi) is 4.04. The van der Waals surface area contributed by atoms with Gasteiger partial charge in [0.25, 0.3) is 0 Å². The lowest BCUT2D eigenvalue weighted by atomic mass is 10.1. The zero-order valence-corrected chi connectivity index (χ0v) is 11.1. The molecule has 5 heteroatoms. The molecule has 1 saturated carbocycles. The van der Waals surface area contributed by atoms with Gasteiger partial charge in [-0.15, -0.1) is 0 Å². The molecule has 0 aliphatic heterocycles. The van der Waals surface area contributed by atoms with Crippen molar-refractivity contribution in [2.45, 2.75) is 31.8 Å². The predicted molar refractivity (Wildman–Crippen MR) is 68.7 cm³/mol. The Morgan fingerprint density at radius 3 is 2.74 bits per heavy atom. The van der Waals surface area contributed by atoms with E-state index in [-0.39, 0.29) is 11.8 Å². The molecule has 1 N–H and O–H groups in total. The Morgan fingerprint density at radius 1 is 1.58 bits per heavy atom. The molecular weight excluding hydrogens is 249 g/mol. The summed E-state index contributed by atoms with van der Waals surface area (Å²) in [5.41, 5.74) is 0.447. The van der Waals surface area contributed by atoms with Crippen LogP contribution in [0.25, 0.3) is 0 Å². The van der Waals surface area contributed by atoms with Gasteiger partial charge < -0.3 is 9.84 Å². The number of carboxylic acid groups (broad SMARTS) is 1. The topological polar surface area (TPSA) is 49.8 Å². The monoisotopic (exact) mass is 267 g/mol. The predicted octanol–water partition coefficient (Wildman–Crippen LogP) is 2.44. The average Bonchev–Trinajstić information content (AvgIpc) is 3.16. The van der Waals surface area contributed by atoms with E-state index in [0.29, 0.717) is 12.2 Å². The van der Waals surface area contributed by atoms with Gasteiger partial charge in [-0.2, -0.15) is 0 Å². The van der Waals surface area contributed by atoms with Crippen molar-refractivity contribution in [3.8, 4) is 5.75 Å². The fourth-order valence-corrected chi connectivity index (χ4v) is 2.20. The molecular formula is C14H18FNO3. The minimum atomic E-state index is -0.960. The standard InChI is InChI=1S/C14H18FNO3/c1-3-19-12-7-4-9(8-11(12)15)13(14(17)18)16(2)10-5-6-10/h4,7-8,10,13H,3,5-6H2,1-2H3,(H,17,18). The van der Waals surface area contributed by atoms with Gasteiger partial charge in [0.15, 0.2) is 11.6 Å². The first-order valence-electron chi connectivity index (χ1n) is 6.41. The molecule has 0 radical (unpaired) electrons. The van der Waals surface area contributed by atoms with E-state index in [2.05, 4.69) is 0 Å². The van der Waals surface area contributed by atoms with Crippen LogP contribution >= 0.6 is 0 Å². The molecule has 1 aliphatic carbocycles. The number of likely N-dealkylation sites (N-methyl/N-ethyl adjacent to an activating group) is 1. The molecule has 0 spiro atoms. The van der Waals surface area contributed by atoms with Gasteiger partial charge in [-0.25, -0.2) is 4.39 Å². The molecule has 1 atom stereocenters. The summed E-state index contributed by atoms with van der Waals surface area (Å²) in [4.78, 5) is 13.2. The number of hydrogen-bond donors (Lipinski definition) is 1. The number of hydrogen-bond acceptors (Lipinski definition) is 3. The van der Waals surface area contributed by atoms with Crippen molar-refractivity contribution in [1.82, 2.24) is 4.90 Å². The third kappa shape index (κ3) is 3.04. The summed E-state index contributed by atoms with van der Waals surface area (Å²) in [5, 5.41) is 9.34. The molecule has 1 fully saturated rings. The molecule has 2 rings (SSSR count). The number of ether oxygens (including phenoxy) is 1. The Balaban J connectivity index is 2.26. The van der Waals surface area contributed by atoms with E-state index in [9.17, 15) is 14.3 Å². The Morgan fingerprint density at radius 2 is 2.26 bits per heavy atom. The van der Waals surface area contributed by atoms with E-state index in [1.54, 1.807) is 24.9 Å². The van der Waals surface area contributed by atoms with Crippen LogP contribution in [0.5, 0.6) is 5.75 Å². The first-order chi connectivity index (χ1) is 9.04. The summed E-state index contributed by atoms with van der Waals surface area (Å²) in [6, 6.07) is 3.84. The lowest BCUT2D eigenvalue weighted by Gasteiger charge is -2.25. The van der Waals surface area contributed by atoms with Crippen LogP contribution in [0, 0.1) is 5.82 Å². The summed E-state index contributed by atoms with van der Waals surface area (Å²) in [5.74, 6) is -1.32. The number of benzene rings is 1. The molecule has 1 aliphatic rings. The molecule has 0 amide bonds. The highest BCUT2D eigenvalue weighted by molar-refractivity contribution is 5.75. The van der Waals surface area contributed by atoms with Crippen LogP contribution in [-0.2, 0) is 4.79 Å². The SMILES string of the molecule is CCOc1ccc(C(C(=O)O)N(C)C2CC2)cc1F. The van der Waals surface area contributed by atoms with E-state index in [0.717, 1.165) is 12.8 Å². The van der Waals surface area contributed by atoms with Gasteiger partial charge in [0.1, 0.15) is 6.04 Å². The third-order valence-electron chi connectivity index (χ3n) is 3.34. The number of aliphatic carboxylic acids is 1. The second kappa shape index (κ2) is 5.57. The molecule has 1 aromatic carbocycles. The minimum absolute atomic E-state index is 0.157. The smallest absolute Gasteiger partial charge is 0.325 e. The van der Waals surface area contributed by atoms with Gasteiger partial charge in [-0.05, 0) is 44.5 Å². The van der Waals surface area contributed by atoms with Crippen molar-refractivity contribution in [3.63, 3.8) is 0 Å². The number of halogens is 1. The van der Waals surface area contributed by atoms with Crippen LogP contribution in [0.1, 0.15) is 31.4 Å². The minimum Gasteiger partial charge on any atom is -0.491 e. The Bertz CT molecular complexity index is 474. The van der Waals surface area contributed by atoms with Crippen molar-refractivity contribution in [1.29, 1.82) is 0 Å². The molecule has 19 heavy (non-hydrogen) atoms. The highest BCUT2D eigenvalue weighted by atomic mass is 19.1. The Labute approximate surface area is 111 Å². The lowest BCUT2D eigenvalue weighted by Crippen LogP contribution is -2.32. The summed E-state index contributed by atoms with van der Waals surface area (Å²) in [7, 11) is 1.77. The van der Waals surface area contributed by atoms with Crippen LogP contribution in [0.4, 0.5) is 4.39 Å². The highest BCUT2D eigenvalue weighted by Gasteiger charge is 2.35. The Hall–Kier alpha value is -1.62. The van der Waals surface area contributed by atoms with E-state index in [1.807, 2.05) is 0 Å². The van der Waals surface area contributed by atoms with E-state index in [4.69, 9.17) is 4.74 Å². The van der Waals surface area contributed by atoms with E-state index < -0.39 is 17.8 Å². The molecule has 0 bridgehead atoms. The van der Waals surface area contributed by atoms with Crippen LogP contribution in [0.3, 0.4) is 0 Å². The molecule has 104 valence electrons. The largest absolute Gasteiger partial charge is 0.491 e. The average molecular weight is 267 g/mol. The van der Waals surface area contributed by atoms with Crippen LogP contribution in [0.2, 0.25) is 0 Å². The maximum absolute atomic E-state index is 13.8. The van der Waals surface area contributed by atoms with Gasteiger partial charge in [-0.3, -0.25) is 9.69 Å². The highest BCUT2D eigenvalue weighted by Crippen LogP contribution is 2.34. The molecule has 1 aromatic rings. The molecule has 1 unspecified atom stereocenters. The number of rotatable bonds is 6. The van der Waals surface area contributed by atoms with Crippen molar-refractivity contribution >= 4 is 5.97 Å². The molecule has 0 heterocycles. The lowest BCUT2D eigenvalue weighted by molar-refractivity contribution is -0.143. The third-order valence-corrected chi connectivity index (χ3v) is 3.34. The van der Waals surface area contributed by atoms with Gasteiger partial charge >= 0.3 is 5.97 Å². The maximum Gasteiger partial charge on any atom is 0.325 e. The molecule has 4 nitrogen and oxygen atoms in total. The summed E-state index contributed by atoms with van der Waals surface area (Å²) < 4.78 is 18.9. The quantitative estimate of drug-likeness (QED) is 0.860. The molecule has 0 aromatic heterocycles. The van der Waals surface area contributed by atoms with Crippen molar-refractivity contribution in [2.75, 3.05) is 13.7 Å². The van der Waals surface area contributed by atoms with Crippen LogP contribution in [0.15, 0.2) is 18.2 Å². The van der Waals surface area contributed by atoms with Crippen molar-refractivity contribution < 1.29 is 19.0 Å². The zero-order chi connectivity index (χ0) is 14.0. The summed E-state index contributed by atoms with van der Waals surface area (Å²) in [6.45, 7) is 2.15. The van der Waals surface area contributed by atoms with Crippen LogP contribution < -0.4 is 4.74 Å². The number of carboxylic acids is 1. The summed E-state index contributed by atoms with van der Waals surface area (Å²) >= 11 is 0. The van der Waals surface area contributed by atoms with Gasteiger partial charge in [0, 0.05) is 6.04 Å². The first-order valence-corrected chi connectivity index (χ1v) is 6.41. The molecule has 0 saturated heterocycles. The maximum atomic E-state index is 13.8. The van der Waals surface area contributed by atoms with Gasteiger partial charge in [-0.1, -0.05) is 6.07 Å². The van der Waals surface area contributed by atoms with Crippen molar-refractivity contribution in [3.05, 3.63) is 29.6 Å². The first kappa shape index (κ1) is 13.8. The van der Waals surface area contributed by atoms with Crippen LogP contribution in [-0.4, -0.2) is 35.7 Å². The number of nitrogens with zero attached hydrogens (tertiary/aromatic N) is 1. The van der Waals surface area contributed by atoms with Gasteiger partial charge in [0.2, 0.25) is 0 Å². The van der Waals surface area contributed by atoms with E-state index in [1.165, 1.54) is 12.1 Å². The zero-order valence-electron chi connectivity index (χ0n) is 11.1.